The van der Waals surface area contributed by atoms with Crippen molar-refractivity contribution in [3.05, 3.63) is 29.8 Å². The average molecular weight is 536 g/mol. The van der Waals surface area contributed by atoms with Gasteiger partial charge in [0, 0.05) is 41.2 Å². The third-order valence-electron chi connectivity index (χ3n) is 6.48. The van der Waals surface area contributed by atoms with Crippen molar-refractivity contribution in [2.45, 2.75) is 83.1 Å². The average Bonchev–Trinajstić information content (AvgIpc) is 3.29. The number of benzene rings is 1. The third-order valence-corrected chi connectivity index (χ3v) is 8.39. The highest BCUT2D eigenvalue weighted by Gasteiger charge is 2.31. The number of rotatable bonds is 15. The Morgan fingerprint density at radius 2 is 1.78 bits per heavy atom. The highest BCUT2D eigenvalue weighted by atomic mass is 32.2. The standard InChI is InChI=1S/C27H41N3O6S/c1-5-28-27(34)25(32)22(17-19-12-14-20(36-4)15-13-19)29-26(33)24(18(2)3)30-23(31)11-7-6-9-21-10-8-16-37(21)35/h12-15,18,21-22,24H,5-11,16-17H2,1-4H3,(H,28,34)(H,29,33)(H,30,31)/t21?,22-,24-,37?/m0/s1. The predicted octanol–water partition coefficient (Wildman–Crippen LogP) is 2.04. The zero-order valence-corrected chi connectivity index (χ0v) is 23.2. The smallest absolute Gasteiger partial charge is 0.289 e. The molecule has 37 heavy (non-hydrogen) atoms. The van der Waals surface area contributed by atoms with E-state index in [0.29, 0.717) is 12.2 Å². The Morgan fingerprint density at radius 1 is 1.08 bits per heavy atom. The molecule has 1 aliphatic rings. The first-order chi connectivity index (χ1) is 17.7. The van der Waals surface area contributed by atoms with Crippen LogP contribution in [-0.4, -0.2) is 64.5 Å². The van der Waals surface area contributed by atoms with Gasteiger partial charge in [-0.2, -0.15) is 0 Å². The van der Waals surface area contributed by atoms with Crippen LogP contribution in [0.1, 0.15) is 64.9 Å². The van der Waals surface area contributed by atoms with E-state index in [1.807, 2.05) is 13.8 Å². The molecular formula is C27H41N3O6S. The molecule has 1 saturated heterocycles. The van der Waals surface area contributed by atoms with Crippen LogP contribution in [0.25, 0.3) is 0 Å². The lowest BCUT2D eigenvalue weighted by molar-refractivity contribution is -0.140. The van der Waals surface area contributed by atoms with Gasteiger partial charge in [0.05, 0.1) is 7.11 Å². The molecular weight excluding hydrogens is 494 g/mol. The molecule has 3 amide bonds. The molecule has 0 aliphatic carbocycles. The first-order valence-electron chi connectivity index (χ1n) is 13.1. The van der Waals surface area contributed by atoms with Crippen LogP contribution in [-0.2, 0) is 36.4 Å². The Labute approximate surface area is 222 Å². The molecule has 2 unspecified atom stereocenters. The monoisotopic (exact) mass is 535 g/mol. The summed E-state index contributed by atoms with van der Waals surface area (Å²) in [4.78, 5) is 50.9. The van der Waals surface area contributed by atoms with Gasteiger partial charge in [0.25, 0.3) is 5.91 Å². The largest absolute Gasteiger partial charge is 0.497 e. The SMILES string of the molecule is CCNC(=O)C(=O)[C@H](Cc1ccc(OC)cc1)NC(=O)[C@@H](NC(=O)CCCCC1CCCS1=O)C(C)C. The highest BCUT2D eigenvalue weighted by molar-refractivity contribution is 7.85. The maximum Gasteiger partial charge on any atom is 0.289 e. The number of hydrogen-bond donors (Lipinski definition) is 3. The van der Waals surface area contributed by atoms with Gasteiger partial charge in [-0.05, 0) is 56.2 Å². The number of likely N-dealkylation sites (N-methyl/N-ethyl adjacent to an activating group) is 1. The number of methoxy groups -OCH3 is 1. The fourth-order valence-corrected chi connectivity index (χ4v) is 5.98. The minimum atomic E-state index is -1.09. The number of carbonyl (C=O) groups is 4. The molecule has 0 radical (unpaired) electrons. The normalized spacial score (nSPS) is 18.6. The van der Waals surface area contributed by atoms with Gasteiger partial charge in [-0.3, -0.25) is 23.4 Å². The second-order valence-corrected chi connectivity index (χ2v) is 11.6. The molecule has 1 aromatic carbocycles. The van der Waals surface area contributed by atoms with Crippen molar-refractivity contribution >= 4 is 34.3 Å². The quantitative estimate of drug-likeness (QED) is 0.233. The first kappa shape index (κ1) is 30.5. The molecule has 1 aliphatic heterocycles. The number of hydrogen-bond acceptors (Lipinski definition) is 6. The van der Waals surface area contributed by atoms with E-state index >= 15 is 0 Å². The van der Waals surface area contributed by atoms with Gasteiger partial charge >= 0.3 is 0 Å². The number of ketones is 1. The van der Waals surface area contributed by atoms with E-state index < -0.39 is 40.5 Å². The maximum absolute atomic E-state index is 13.2. The van der Waals surface area contributed by atoms with E-state index in [4.69, 9.17) is 4.74 Å². The molecule has 0 bridgehead atoms. The van der Waals surface area contributed by atoms with Crippen molar-refractivity contribution in [1.82, 2.24) is 16.0 Å². The molecule has 0 spiro atoms. The van der Waals surface area contributed by atoms with Crippen LogP contribution in [0.15, 0.2) is 24.3 Å². The predicted molar refractivity (Wildman–Crippen MR) is 144 cm³/mol. The molecule has 9 nitrogen and oxygen atoms in total. The minimum absolute atomic E-state index is 0.118. The molecule has 3 N–H and O–H groups in total. The number of amides is 3. The van der Waals surface area contributed by atoms with Crippen LogP contribution in [0, 0.1) is 5.92 Å². The van der Waals surface area contributed by atoms with Crippen molar-refractivity contribution in [3.8, 4) is 5.75 Å². The van der Waals surface area contributed by atoms with E-state index in [-0.39, 0.29) is 36.5 Å². The van der Waals surface area contributed by atoms with Gasteiger partial charge in [0.1, 0.15) is 17.8 Å². The van der Waals surface area contributed by atoms with E-state index in [2.05, 4.69) is 16.0 Å². The highest BCUT2D eigenvalue weighted by Crippen LogP contribution is 2.21. The Balaban J connectivity index is 1.99. The lowest BCUT2D eigenvalue weighted by atomic mass is 9.98. The number of unbranched alkanes of at least 4 members (excludes halogenated alkanes) is 1. The summed E-state index contributed by atoms with van der Waals surface area (Å²) < 4.78 is 17.1. The summed E-state index contributed by atoms with van der Waals surface area (Å²) >= 11 is 0. The van der Waals surface area contributed by atoms with Crippen LogP contribution < -0.4 is 20.7 Å². The van der Waals surface area contributed by atoms with Gasteiger partial charge in [0.2, 0.25) is 17.6 Å². The summed E-state index contributed by atoms with van der Waals surface area (Å²) in [6, 6.07) is 5.09. The lowest BCUT2D eigenvalue weighted by Crippen LogP contribution is -2.56. The Morgan fingerprint density at radius 3 is 2.35 bits per heavy atom. The zero-order valence-electron chi connectivity index (χ0n) is 22.3. The van der Waals surface area contributed by atoms with Crippen molar-refractivity contribution in [2.24, 2.45) is 5.92 Å². The Kier molecular flexibility index (Phi) is 12.8. The minimum Gasteiger partial charge on any atom is -0.497 e. The van der Waals surface area contributed by atoms with E-state index in [1.54, 1.807) is 38.3 Å². The fourth-order valence-electron chi connectivity index (χ4n) is 4.34. The number of Topliss-reactive ketones (excluding diaryl/α,β-unsaturated/α-hetero) is 1. The fraction of sp³-hybridized carbons (Fsp3) is 0.630. The van der Waals surface area contributed by atoms with Crippen molar-refractivity contribution in [3.63, 3.8) is 0 Å². The van der Waals surface area contributed by atoms with E-state index in [0.717, 1.165) is 37.0 Å². The summed E-state index contributed by atoms with van der Waals surface area (Å²) in [6.45, 7) is 5.61. The van der Waals surface area contributed by atoms with Crippen LogP contribution >= 0.6 is 0 Å². The lowest BCUT2D eigenvalue weighted by Gasteiger charge is -2.25. The summed E-state index contributed by atoms with van der Waals surface area (Å²) in [5.74, 6) is -1.08. The summed E-state index contributed by atoms with van der Waals surface area (Å²) in [6.07, 6.45) is 4.69. The van der Waals surface area contributed by atoms with Crippen molar-refractivity contribution in [2.75, 3.05) is 19.4 Å². The van der Waals surface area contributed by atoms with Crippen LogP contribution in [0.3, 0.4) is 0 Å². The summed E-state index contributed by atoms with van der Waals surface area (Å²) in [5.41, 5.74) is 0.747. The second kappa shape index (κ2) is 15.5. The molecule has 4 atom stereocenters. The first-order valence-corrected chi connectivity index (χ1v) is 14.5. The Bertz CT molecular complexity index is 950. The van der Waals surface area contributed by atoms with Crippen LogP contribution in [0.4, 0.5) is 0 Å². The van der Waals surface area contributed by atoms with E-state index in [9.17, 15) is 23.4 Å². The topological polar surface area (TPSA) is 131 Å². The molecule has 2 rings (SSSR count). The molecule has 1 aromatic rings. The van der Waals surface area contributed by atoms with E-state index in [1.165, 1.54) is 0 Å². The molecule has 206 valence electrons. The van der Waals surface area contributed by atoms with Crippen LogP contribution in [0.5, 0.6) is 5.75 Å². The van der Waals surface area contributed by atoms with Crippen LogP contribution in [0.2, 0.25) is 0 Å². The molecule has 1 heterocycles. The van der Waals surface area contributed by atoms with Gasteiger partial charge in [-0.15, -0.1) is 0 Å². The summed E-state index contributed by atoms with van der Waals surface area (Å²) in [7, 11) is 0.807. The molecule has 0 saturated carbocycles. The maximum atomic E-state index is 13.2. The number of ether oxygens (including phenoxy) is 1. The van der Waals surface area contributed by atoms with Gasteiger partial charge in [0.15, 0.2) is 0 Å². The number of nitrogens with one attached hydrogen (secondary N) is 3. The molecule has 10 heteroatoms. The van der Waals surface area contributed by atoms with Gasteiger partial charge < -0.3 is 20.7 Å². The third kappa shape index (κ3) is 9.91. The Hall–Kier alpha value is -2.75. The zero-order chi connectivity index (χ0) is 27.4. The number of carbonyl (C=O) groups excluding carboxylic acids is 4. The second-order valence-electron chi connectivity index (χ2n) is 9.72. The summed E-state index contributed by atoms with van der Waals surface area (Å²) in [5, 5.41) is 8.22. The molecule has 1 fully saturated rings. The molecule has 0 aromatic heterocycles. The van der Waals surface area contributed by atoms with Crippen molar-refractivity contribution < 1.29 is 28.1 Å². The van der Waals surface area contributed by atoms with Crippen molar-refractivity contribution in [1.29, 1.82) is 0 Å². The van der Waals surface area contributed by atoms with Gasteiger partial charge in [-0.1, -0.05) is 32.4 Å². The van der Waals surface area contributed by atoms with Gasteiger partial charge in [-0.25, -0.2) is 0 Å².